The van der Waals surface area contributed by atoms with Crippen LogP contribution in [0.5, 0.6) is 0 Å². The molecule has 0 aromatic carbocycles. The van der Waals surface area contributed by atoms with Crippen LogP contribution in [0.2, 0.25) is 0 Å². The van der Waals surface area contributed by atoms with E-state index >= 15 is 0 Å². The van der Waals surface area contributed by atoms with Crippen molar-refractivity contribution in [2.75, 3.05) is 0 Å². The van der Waals surface area contributed by atoms with Crippen molar-refractivity contribution >= 4 is 5.97 Å². The zero-order valence-electron chi connectivity index (χ0n) is 22.9. The Kier molecular flexibility index (Phi) is 7.78. The van der Waals surface area contributed by atoms with E-state index in [1.807, 2.05) is 0 Å². The number of hydrogen-bond acceptors (Lipinski definition) is 2. The quantitative estimate of drug-likeness (QED) is 0.281. The second kappa shape index (κ2) is 9.47. The first-order chi connectivity index (χ1) is 15.7. The Labute approximate surface area is 224 Å². The zero-order chi connectivity index (χ0) is 25.3. The van der Waals surface area contributed by atoms with E-state index < -0.39 is 18.0 Å². The van der Waals surface area contributed by atoms with Gasteiger partial charge >= 0.3 is 5.97 Å². The zero-order valence-corrected chi connectivity index (χ0v) is 24.0. The van der Waals surface area contributed by atoms with Crippen molar-refractivity contribution in [3.63, 3.8) is 0 Å². The van der Waals surface area contributed by atoms with Crippen LogP contribution < -0.4 is 0 Å². The number of aliphatic carboxylic acids is 1. The van der Waals surface area contributed by atoms with Crippen LogP contribution in [0.4, 0.5) is 0 Å². The topological polar surface area (TPSA) is 57.5 Å². The first-order valence-corrected chi connectivity index (χ1v) is 13.5. The smallest absolute Gasteiger partial charge is 0.306 e. The van der Waals surface area contributed by atoms with E-state index in [9.17, 15) is 15.0 Å². The minimum absolute atomic E-state index is 0. The van der Waals surface area contributed by atoms with E-state index in [1.165, 1.54) is 17.6 Å². The van der Waals surface area contributed by atoms with Crippen LogP contribution in [0.3, 0.4) is 0 Å². The molecule has 7 atom stereocenters. The summed E-state index contributed by atoms with van der Waals surface area (Å²) in [5.41, 5.74) is 3.89. The summed E-state index contributed by atoms with van der Waals surface area (Å²) in [6.45, 7) is 20.2. The molecule has 2 N–H and O–H groups in total. The number of allylic oxidation sites excluding steroid dienone is 5. The van der Waals surface area contributed by atoms with Gasteiger partial charge in [-0.05, 0) is 60.0 Å². The van der Waals surface area contributed by atoms with Crippen molar-refractivity contribution in [3.05, 3.63) is 41.9 Å². The number of fused-ring (bicyclic) bond motifs is 5. The maximum absolute atomic E-state index is 12.6. The molecule has 3 nitrogen and oxygen atoms in total. The number of aliphatic hydroxyl groups is 1. The number of carboxylic acid groups (broad SMARTS) is 1. The molecule has 2 saturated carbocycles. The van der Waals surface area contributed by atoms with Gasteiger partial charge in [0, 0.05) is 28.1 Å². The molecule has 0 bridgehead atoms. The third-order valence-corrected chi connectivity index (χ3v) is 11.2. The average Bonchev–Trinajstić information content (AvgIpc) is 2.93. The van der Waals surface area contributed by atoms with Crippen LogP contribution >= 0.6 is 0 Å². The minimum Gasteiger partial charge on any atom is -0.481 e. The molecule has 4 aliphatic rings. The summed E-state index contributed by atoms with van der Waals surface area (Å²) in [5.74, 6) is -0.636. The first kappa shape index (κ1) is 28.7. The molecule has 1 unspecified atom stereocenters. The fraction of sp³-hybridized carbons (Fsp3) is 0.742. The molecule has 2 fully saturated rings. The van der Waals surface area contributed by atoms with Crippen molar-refractivity contribution in [1.29, 1.82) is 0 Å². The van der Waals surface area contributed by atoms with E-state index in [2.05, 4.69) is 73.6 Å². The molecule has 0 spiro atoms. The van der Waals surface area contributed by atoms with Gasteiger partial charge in [-0.25, -0.2) is 0 Å². The van der Waals surface area contributed by atoms with Gasteiger partial charge in [0.05, 0.1) is 12.0 Å². The SMILES string of the molecule is C=C(CCC(C(=O)O)[C@H]1[C@H](O)C[C@@]2(C)C3=CC[C@H]4C(C)(C)[CH-]CC[C@]4(C)C3=CC[C@]12C)C(C)C.[Co]. The maximum atomic E-state index is 12.6. The average molecular weight is 527 g/mol. The molecule has 1 radical (unpaired) electrons. The Bertz CT molecular complexity index is 930. The second-order valence-electron chi connectivity index (χ2n) is 13.6. The Balaban J connectivity index is 0.00000342. The number of rotatable bonds is 6. The molecule has 4 aliphatic carbocycles. The van der Waals surface area contributed by atoms with E-state index in [0.717, 1.165) is 24.8 Å². The van der Waals surface area contributed by atoms with Crippen molar-refractivity contribution in [1.82, 2.24) is 0 Å². The van der Waals surface area contributed by atoms with E-state index in [1.54, 1.807) is 0 Å². The van der Waals surface area contributed by atoms with Gasteiger partial charge in [0.15, 0.2) is 0 Å². The van der Waals surface area contributed by atoms with Crippen molar-refractivity contribution in [3.8, 4) is 0 Å². The predicted octanol–water partition coefficient (Wildman–Crippen LogP) is 7.38. The summed E-state index contributed by atoms with van der Waals surface area (Å²) in [6.07, 6.45) is 13.0. The van der Waals surface area contributed by atoms with Gasteiger partial charge in [-0.15, -0.1) is 0 Å². The summed E-state index contributed by atoms with van der Waals surface area (Å²) in [7, 11) is 0. The van der Waals surface area contributed by atoms with Gasteiger partial charge in [-0.1, -0.05) is 85.1 Å². The number of hydrogen-bond donors (Lipinski definition) is 2. The maximum Gasteiger partial charge on any atom is 0.306 e. The number of carboxylic acids is 1. The normalized spacial score (nSPS) is 40.4. The number of aliphatic hydroxyl groups excluding tert-OH is 1. The fourth-order valence-electron chi connectivity index (χ4n) is 8.75. The predicted molar refractivity (Wildman–Crippen MR) is 139 cm³/mol. The molecule has 0 aromatic heterocycles. The van der Waals surface area contributed by atoms with Crippen molar-refractivity contribution in [2.24, 2.45) is 45.3 Å². The Morgan fingerprint density at radius 3 is 2.43 bits per heavy atom. The Hall–Kier alpha value is -0.844. The van der Waals surface area contributed by atoms with Crippen LogP contribution in [0.15, 0.2) is 35.5 Å². The van der Waals surface area contributed by atoms with Crippen LogP contribution in [0.1, 0.15) is 93.4 Å². The molecule has 4 heteroatoms. The summed E-state index contributed by atoms with van der Waals surface area (Å²) < 4.78 is 0. The summed E-state index contributed by atoms with van der Waals surface area (Å²) in [4.78, 5) is 12.6. The van der Waals surface area contributed by atoms with Gasteiger partial charge in [0.1, 0.15) is 0 Å². The van der Waals surface area contributed by atoms with Gasteiger partial charge in [-0.3, -0.25) is 4.79 Å². The van der Waals surface area contributed by atoms with Gasteiger partial charge in [-0.2, -0.15) is 11.8 Å². The Morgan fingerprint density at radius 1 is 1.17 bits per heavy atom. The van der Waals surface area contributed by atoms with Gasteiger partial charge in [0.2, 0.25) is 0 Å². The molecule has 199 valence electrons. The summed E-state index contributed by atoms with van der Waals surface area (Å²) in [5, 5.41) is 21.8. The molecular weight excluding hydrogens is 479 g/mol. The molecule has 0 heterocycles. The fourth-order valence-corrected chi connectivity index (χ4v) is 8.75. The second-order valence-corrected chi connectivity index (χ2v) is 13.6. The van der Waals surface area contributed by atoms with Gasteiger partial charge in [0.25, 0.3) is 0 Å². The molecule has 0 amide bonds. The van der Waals surface area contributed by atoms with Crippen molar-refractivity contribution in [2.45, 2.75) is 99.5 Å². The molecule has 35 heavy (non-hydrogen) atoms. The molecule has 0 saturated heterocycles. The third kappa shape index (κ3) is 4.24. The molecule has 4 rings (SSSR count). The molecular formula is C31H47CoO3-. The third-order valence-electron chi connectivity index (χ3n) is 11.2. The van der Waals surface area contributed by atoms with Gasteiger partial charge < -0.3 is 16.6 Å². The summed E-state index contributed by atoms with van der Waals surface area (Å²) >= 11 is 0. The number of carbonyl (C=O) groups is 1. The van der Waals surface area contributed by atoms with Crippen LogP contribution in [0.25, 0.3) is 0 Å². The Morgan fingerprint density at radius 2 is 1.83 bits per heavy atom. The van der Waals surface area contributed by atoms with Crippen LogP contribution in [-0.2, 0) is 21.6 Å². The first-order valence-electron chi connectivity index (χ1n) is 13.5. The van der Waals surface area contributed by atoms with E-state index in [4.69, 9.17) is 0 Å². The molecule has 0 aromatic rings. The summed E-state index contributed by atoms with van der Waals surface area (Å²) in [6, 6.07) is 0. The monoisotopic (exact) mass is 526 g/mol. The van der Waals surface area contributed by atoms with E-state index in [-0.39, 0.29) is 44.4 Å². The minimum atomic E-state index is -0.768. The van der Waals surface area contributed by atoms with Crippen LogP contribution in [0, 0.1) is 51.8 Å². The van der Waals surface area contributed by atoms with E-state index in [0.29, 0.717) is 31.1 Å². The standard InChI is InChI=1S/C31H47O3.Co/c1-19(2)20(3)10-11-21(27(33)34)26-24(32)18-31(8)23-12-13-25-28(4,5)15-9-16-29(25,6)22(23)14-17-30(26,31)7;/h12,14-15,19,21,24-26,32H,3,9-11,13,16-18H2,1-2,4-8H3,(H,33,34);/q-1;/t21?,24-,25+,26+,29-,30-,31+;/m1./s1. The van der Waals surface area contributed by atoms with Crippen LogP contribution in [-0.4, -0.2) is 22.3 Å². The largest absolute Gasteiger partial charge is 0.481 e. The van der Waals surface area contributed by atoms with Crippen molar-refractivity contribution < 1.29 is 31.8 Å². The molecule has 0 aliphatic heterocycles.